The fourth-order valence-electron chi connectivity index (χ4n) is 2.18. The first-order valence-electron chi connectivity index (χ1n) is 7.09. The second-order valence-electron chi connectivity index (χ2n) is 5.04. The monoisotopic (exact) mass is 326 g/mol. The van der Waals surface area contributed by atoms with Gasteiger partial charge in [-0.2, -0.15) is 14.9 Å². The molecule has 0 atom stereocenters. The lowest BCUT2D eigenvalue weighted by Gasteiger charge is -2.01. The lowest BCUT2D eigenvalue weighted by Crippen LogP contribution is -2.07. The molecule has 7 heteroatoms. The van der Waals surface area contributed by atoms with E-state index in [1.54, 1.807) is 6.92 Å². The smallest absolute Gasteiger partial charge is 0.360 e. The average Bonchev–Trinajstić information content (AvgIpc) is 3.07. The maximum atomic E-state index is 11.9. The molecule has 116 valence electrons. The number of nitriles is 1. The molecule has 23 heavy (non-hydrogen) atoms. The molecule has 6 nitrogen and oxygen atoms in total. The zero-order valence-electron chi connectivity index (χ0n) is 13.0. The van der Waals surface area contributed by atoms with E-state index in [2.05, 4.69) is 10.1 Å². The van der Waals surface area contributed by atoms with E-state index in [1.165, 1.54) is 27.0 Å². The van der Waals surface area contributed by atoms with Crippen LogP contribution in [0.2, 0.25) is 0 Å². The minimum atomic E-state index is -0.602. The summed E-state index contributed by atoms with van der Waals surface area (Å²) in [5, 5.41) is 14.5. The zero-order valence-corrected chi connectivity index (χ0v) is 13.8. The molecule has 0 aliphatic rings. The molecule has 0 saturated heterocycles. The van der Waals surface area contributed by atoms with Gasteiger partial charge in [0.1, 0.15) is 11.1 Å². The molecule has 0 aliphatic carbocycles. The number of hydrogen-bond acceptors (Lipinski definition) is 6. The summed E-state index contributed by atoms with van der Waals surface area (Å²) in [4.78, 5) is 16.6. The van der Waals surface area contributed by atoms with Gasteiger partial charge in [0.2, 0.25) is 4.96 Å². The Balaban J connectivity index is 2.10. The van der Waals surface area contributed by atoms with Crippen molar-refractivity contribution in [2.24, 2.45) is 0 Å². The fourth-order valence-corrected chi connectivity index (χ4v) is 3.08. The number of ether oxygens (including phenoxy) is 1. The van der Waals surface area contributed by atoms with Crippen molar-refractivity contribution in [1.29, 1.82) is 5.26 Å². The van der Waals surface area contributed by atoms with E-state index in [1.807, 2.05) is 38.1 Å². The van der Waals surface area contributed by atoms with Gasteiger partial charge in [-0.3, -0.25) is 0 Å². The summed E-state index contributed by atoms with van der Waals surface area (Å²) in [5.41, 5.74) is 3.45. The van der Waals surface area contributed by atoms with Crippen molar-refractivity contribution in [3.8, 4) is 16.6 Å². The number of nitrogens with zero attached hydrogens (tertiary/aromatic N) is 4. The summed E-state index contributed by atoms with van der Waals surface area (Å²) in [7, 11) is 0. The quantitative estimate of drug-likeness (QED) is 0.691. The van der Waals surface area contributed by atoms with Gasteiger partial charge in [0.15, 0.2) is 11.4 Å². The highest BCUT2D eigenvalue weighted by atomic mass is 32.1. The van der Waals surface area contributed by atoms with Crippen LogP contribution in [0.3, 0.4) is 0 Å². The van der Waals surface area contributed by atoms with Crippen LogP contribution < -0.4 is 0 Å². The first-order chi connectivity index (χ1) is 11.0. The van der Waals surface area contributed by atoms with Crippen LogP contribution in [-0.2, 0) is 4.74 Å². The second-order valence-corrected chi connectivity index (χ2v) is 6.00. The number of aromatic nitrogens is 3. The second kappa shape index (κ2) is 5.82. The van der Waals surface area contributed by atoms with E-state index in [0.717, 1.165) is 10.6 Å². The zero-order chi connectivity index (χ0) is 16.6. The van der Waals surface area contributed by atoms with Crippen molar-refractivity contribution < 1.29 is 9.53 Å². The Bertz CT molecular complexity index is 949. The minimum Gasteiger partial charge on any atom is -0.461 e. The number of aryl methyl sites for hydroxylation is 2. The van der Waals surface area contributed by atoms with Gasteiger partial charge in [-0.1, -0.05) is 23.5 Å². The molecule has 0 N–H and O–H groups in total. The van der Waals surface area contributed by atoms with Gasteiger partial charge >= 0.3 is 5.97 Å². The molecule has 3 rings (SSSR count). The molecule has 2 aromatic heterocycles. The SMILES string of the molecule is CCOC(=O)c1nc2sc(-c3ccc(C)c(C)c3)nn2c1C#N. The minimum absolute atomic E-state index is 0.0136. The standard InChI is InChI=1S/C16H14N4O2S/c1-4-22-15(21)13-12(8-17)20-16(18-13)23-14(19-20)11-6-5-9(2)10(3)7-11/h5-7H,4H2,1-3H3. The Morgan fingerprint density at radius 1 is 1.39 bits per heavy atom. The molecule has 0 aliphatic heterocycles. The van der Waals surface area contributed by atoms with Crippen LogP contribution in [-0.4, -0.2) is 27.2 Å². The number of rotatable bonds is 3. The number of imidazole rings is 1. The normalized spacial score (nSPS) is 10.7. The molecule has 3 aromatic rings. The van der Waals surface area contributed by atoms with Crippen LogP contribution in [0.1, 0.15) is 34.2 Å². The Hall–Kier alpha value is -2.72. The van der Waals surface area contributed by atoms with Crippen LogP contribution in [0.5, 0.6) is 0 Å². The third-order valence-corrected chi connectivity index (χ3v) is 4.49. The van der Waals surface area contributed by atoms with E-state index in [4.69, 9.17) is 4.74 Å². The van der Waals surface area contributed by atoms with Gasteiger partial charge < -0.3 is 4.74 Å². The number of carbonyl (C=O) groups excluding carboxylic acids is 1. The molecule has 0 amide bonds. The number of carbonyl (C=O) groups is 1. The van der Waals surface area contributed by atoms with E-state index < -0.39 is 5.97 Å². The van der Waals surface area contributed by atoms with Crippen LogP contribution in [0.15, 0.2) is 18.2 Å². The summed E-state index contributed by atoms with van der Waals surface area (Å²) in [5.74, 6) is -0.602. The van der Waals surface area contributed by atoms with Crippen LogP contribution in [0.25, 0.3) is 15.5 Å². The summed E-state index contributed by atoms with van der Waals surface area (Å²) in [6.07, 6.45) is 0. The Morgan fingerprint density at radius 3 is 2.83 bits per heavy atom. The van der Waals surface area contributed by atoms with Crippen LogP contribution in [0, 0.1) is 25.2 Å². The number of esters is 1. The van der Waals surface area contributed by atoms with Gasteiger partial charge in [-0.15, -0.1) is 0 Å². The molecule has 1 aromatic carbocycles. The van der Waals surface area contributed by atoms with E-state index in [-0.39, 0.29) is 18.0 Å². The molecule has 0 unspecified atom stereocenters. The summed E-state index contributed by atoms with van der Waals surface area (Å²) >= 11 is 1.33. The largest absolute Gasteiger partial charge is 0.461 e. The predicted molar refractivity (Wildman–Crippen MR) is 86.4 cm³/mol. The maximum absolute atomic E-state index is 11.9. The van der Waals surface area contributed by atoms with Crippen molar-refractivity contribution in [2.75, 3.05) is 6.61 Å². The van der Waals surface area contributed by atoms with Gasteiger partial charge in [0.25, 0.3) is 0 Å². The van der Waals surface area contributed by atoms with E-state index >= 15 is 0 Å². The Labute approximate surface area is 137 Å². The molecule has 0 bridgehead atoms. The Morgan fingerprint density at radius 2 is 2.17 bits per heavy atom. The number of hydrogen-bond donors (Lipinski definition) is 0. The lowest BCUT2D eigenvalue weighted by molar-refractivity contribution is 0.0520. The Kier molecular flexibility index (Phi) is 3.84. The summed E-state index contributed by atoms with van der Waals surface area (Å²) in [6, 6.07) is 8.05. The van der Waals surface area contributed by atoms with E-state index in [0.29, 0.717) is 4.96 Å². The van der Waals surface area contributed by atoms with Crippen LogP contribution in [0.4, 0.5) is 0 Å². The van der Waals surface area contributed by atoms with Crippen molar-refractivity contribution in [1.82, 2.24) is 14.6 Å². The predicted octanol–water partition coefficient (Wildman–Crippen LogP) is 3.12. The van der Waals surface area contributed by atoms with Gasteiger partial charge in [0, 0.05) is 5.56 Å². The first kappa shape index (κ1) is 15.2. The van der Waals surface area contributed by atoms with E-state index in [9.17, 15) is 10.1 Å². The van der Waals surface area contributed by atoms with Crippen molar-refractivity contribution >= 4 is 22.3 Å². The van der Waals surface area contributed by atoms with Crippen molar-refractivity contribution in [2.45, 2.75) is 20.8 Å². The van der Waals surface area contributed by atoms with Gasteiger partial charge in [-0.05, 0) is 38.0 Å². The maximum Gasteiger partial charge on any atom is 0.360 e. The average molecular weight is 326 g/mol. The summed E-state index contributed by atoms with van der Waals surface area (Å²) in [6.45, 7) is 6.03. The molecule has 0 spiro atoms. The number of benzene rings is 1. The molecule has 0 saturated carbocycles. The van der Waals surface area contributed by atoms with Crippen molar-refractivity contribution in [3.63, 3.8) is 0 Å². The first-order valence-corrected chi connectivity index (χ1v) is 7.91. The van der Waals surface area contributed by atoms with Gasteiger partial charge in [-0.25, -0.2) is 9.78 Å². The third kappa shape index (κ3) is 2.58. The number of fused-ring (bicyclic) bond motifs is 1. The van der Waals surface area contributed by atoms with Crippen molar-refractivity contribution in [3.05, 3.63) is 40.7 Å². The highest BCUT2D eigenvalue weighted by Gasteiger charge is 2.23. The lowest BCUT2D eigenvalue weighted by atomic mass is 10.1. The molecular weight excluding hydrogens is 312 g/mol. The highest BCUT2D eigenvalue weighted by Crippen LogP contribution is 2.28. The highest BCUT2D eigenvalue weighted by molar-refractivity contribution is 7.19. The molecule has 2 heterocycles. The summed E-state index contributed by atoms with van der Waals surface area (Å²) < 4.78 is 6.33. The fraction of sp³-hybridized carbons (Fsp3) is 0.250. The topological polar surface area (TPSA) is 80.3 Å². The van der Waals surface area contributed by atoms with Crippen LogP contribution >= 0.6 is 11.3 Å². The third-order valence-electron chi connectivity index (χ3n) is 3.53. The molecule has 0 radical (unpaired) electrons. The molecule has 0 fully saturated rings. The van der Waals surface area contributed by atoms with Gasteiger partial charge in [0.05, 0.1) is 6.61 Å². The molecular formula is C16H14N4O2S.